The van der Waals surface area contributed by atoms with Gasteiger partial charge in [-0.3, -0.25) is 9.59 Å². The van der Waals surface area contributed by atoms with E-state index in [4.69, 9.17) is 9.84 Å². The van der Waals surface area contributed by atoms with Crippen LogP contribution in [0.5, 0.6) is 11.5 Å². The lowest BCUT2D eigenvalue weighted by Crippen LogP contribution is -2.25. The van der Waals surface area contributed by atoms with Crippen LogP contribution in [0.2, 0.25) is 0 Å². The summed E-state index contributed by atoms with van der Waals surface area (Å²) in [6.45, 7) is 6.69. The number of aliphatic carboxylic acids is 1. The molecule has 0 radical (unpaired) electrons. The molecule has 0 aliphatic heterocycles. The molecule has 0 spiro atoms. The van der Waals surface area contributed by atoms with Gasteiger partial charge in [-0.2, -0.15) is 0 Å². The molecular formula is C26H34O8S. The van der Waals surface area contributed by atoms with Gasteiger partial charge in [-0.15, -0.1) is 0 Å². The Morgan fingerprint density at radius 1 is 1.09 bits per heavy atom. The molecule has 192 valence electrons. The minimum Gasteiger partial charge on any atom is -0.507 e. The molecule has 8 nitrogen and oxygen atoms in total. The number of aliphatic hydroxyl groups is 1. The van der Waals surface area contributed by atoms with Crippen molar-refractivity contribution in [3.8, 4) is 11.5 Å². The van der Waals surface area contributed by atoms with Crippen LogP contribution in [0.25, 0.3) is 0 Å². The molecule has 0 aromatic heterocycles. The highest BCUT2D eigenvalue weighted by Crippen LogP contribution is 2.37. The van der Waals surface area contributed by atoms with Crippen molar-refractivity contribution in [1.82, 2.24) is 0 Å². The fraction of sp³-hybridized carbons (Fsp3) is 0.462. The zero-order chi connectivity index (χ0) is 26.4. The first-order chi connectivity index (χ1) is 16.3. The van der Waals surface area contributed by atoms with Gasteiger partial charge in [0.15, 0.2) is 15.6 Å². The molecule has 35 heavy (non-hydrogen) atoms. The van der Waals surface area contributed by atoms with Crippen molar-refractivity contribution in [2.24, 2.45) is 5.41 Å². The molecule has 0 fully saturated rings. The van der Waals surface area contributed by atoms with Crippen LogP contribution in [0.1, 0.15) is 74.5 Å². The van der Waals surface area contributed by atoms with Crippen molar-refractivity contribution in [3.63, 3.8) is 0 Å². The second-order valence-electron chi connectivity index (χ2n) is 9.30. The van der Waals surface area contributed by atoms with E-state index in [0.717, 1.165) is 6.42 Å². The van der Waals surface area contributed by atoms with Gasteiger partial charge < -0.3 is 20.1 Å². The van der Waals surface area contributed by atoms with Crippen LogP contribution in [0.4, 0.5) is 0 Å². The SMILES string of the molecule is CCCc1c(OCCCS(=O)(=O)c2ccc(C(O)C(C)(C)CC(=O)O)cc2)ccc(C(C)=O)c1O. The van der Waals surface area contributed by atoms with Crippen molar-refractivity contribution in [2.75, 3.05) is 12.4 Å². The van der Waals surface area contributed by atoms with E-state index >= 15 is 0 Å². The summed E-state index contributed by atoms with van der Waals surface area (Å²) in [5, 5.41) is 30.0. The summed E-state index contributed by atoms with van der Waals surface area (Å²) in [5.41, 5.74) is 0.277. The lowest BCUT2D eigenvalue weighted by Gasteiger charge is -2.29. The molecule has 1 atom stereocenters. The summed E-state index contributed by atoms with van der Waals surface area (Å²) in [6, 6.07) is 8.91. The first-order valence-electron chi connectivity index (χ1n) is 11.5. The number of carbonyl (C=O) groups is 2. The van der Waals surface area contributed by atoms with E-state index in [0.29, 0.717) is 23.3 Å². The Morgan fingerprint density at radius 3 is 2.26 bits per heavy atom. The number of carboxylic acids is 1. The summed E-state index contributed by atoms with van der Waals surface area (Å²) < 4.78 is 31.2. The number of ether oxygens (including phenoxy) is 1. The zero-order valence-corrected chi connectivity index (χ0v) is 21.4. The molecule has 3 N–H and O–H groups in total. The number of Topliss-reactive ketones (excluding diaryl/α,β-unsaturated/α-hetero) is 1. The lowest BCUT2D eigenvalue weighted by molar-refractivity contribution is -0.141. The largest absolute Gasteiger partial charge is 0.507 e. The van der Waals surface area contributed by atoms with Gasteiger partial charge in [0.25, 0.3) is 0 Å². The molecule has 0 aliphatic carbocycles. The maximum atomic E-state index is 12.7. The summed E-state index contributed by atoms with van der Waals surface area (Å²) in [4.78, 5) is 22.8. The summed E-state index contributed by atoms with van der Waals surface area (Å²) in [7, 11) is -3.61. The highest BCUT2D eigenvalue weighted by atomic mass is 32.2. The molecule has 0 saturated heterocycles. The van der Waals surface area contributed by atoms with Crippen molar-refractivity contribution in [1.29, 1.82) is 0 Å². The Kier molecular flexibility index (Phi) is 9.45. The number of carbonyl (C=O) groups excluding carboxylic acids is 1. The van der Waals surface area contributed by atoms with E-state index in [2.05, 4.69) is 0 Å². The van der Waals surface area contributed by atoms with Gasteiger partial charge in [0.1, 0.15) is 11.5 Å². The number of aromatic hydroxyl groups is 1. The summed E-state index contributed by atoms with van der Waals surface area (Å²) >= 11 is 0. The number of carboxylic acid groups (broad SMARTS) is 1. The Morgan fingerprint density at radius 2 is 1.71 bits per heavy atom. The minimum absolute atomic E-state index is 0.0969. The van der Waals surface area contributed by atoms with E-state index in [-0.39, 0.29) is 47.2 Å². The third kappa shape index (κ3) is 7.29. The van der Waals surface area contributed by atoms with Crippen molar-refractivity contribution in [2.45, 2.75) is 64.4 Å². The van der Waals surface area contributed by atoms with Crippen LogP contribution >= 0.6 is 0 Å². The topological polar surface area (TPSA) is 138 Å². The fourth-order valence-corrected chi connectivity index (χ4v) is 5.16. The van der Waals surface area contributed by atoms with E-state index in [1.165, 1.54) is 37.3 Å². The maximum Gasteiger partial charge on any atom is 0.303 e. The number of hydrogen-bond donors (Lipinski definition) is 3. The van der Waals surface area contributed by atoms with E-state index in [9.17, 15) is 28.2 Å². The molecule has 2 aromatic carbocycles. The lowest BCUT2D eigenvalue weighted by atomic mass is 9.80. The van der Waals surface area contributed by atoms with E-state index in [1.54, 1.807) is 19.9 Å². The average molecular weight is 507 g/mol. The predicted octanol–water partition coefficient (Wildman–Crippen LogP) is 4.32. The number of benzene rings is 2. The first kappa shape index (κ1) is 28.3. The number of sulfone groups is 1. The quantitative estimate of drug-likeness (QED) is 0.270. The molecule has 0 amide bonds. The molecule has 0 bridgehead atoms. The predicted molar refractivity (Wildman–Crippen MR) is 132 cm³/mol. The van der Waals surface area contributed by atoms with Crippen molar-refractivity contribution >= 4 is 21.6 Å². The molecule has 0 heterocycles. The smallest absolute Gasteiger partial charge is 0.303 e. The number of ketones is 1. The highest BCUT2D eigenvalue weighted by Gasteiger charge is 2.32. The van der Waals surface area contributed by atoms with Crippen molar-refractivity contribution < 1.29 is 38.1 Å². The van der Waals surface area contributed by atoms with Crippen LogP contribution < -0.4 is 4.74 Å². The van der Waals surface area contributed by atoms with Gasteiger partial charge in [0.2, 0.25) is 0 Å². The van der Waals surface area contributed by atoms with Crippen LogP contribution in [-0.4, -0.2) is 47.8 Å². The molecule has 1 unspecified atom stereocenters. The standard InChI is InChI=1S/C26H34O8S/c1-5-7-21-22(13-12-20(17(2)27)24(21)30)34-14-6-15-35(32,33)19-10-8-18(9-11-19)25(31)26(3,4)16-23(28)29/h8-13,25,30-31H,5-7,14-16H2,1-4H3,(H,28,29). The monoisotopic (exact) mass is 506 g/mol. The number of aliphatic hydroxyl groups excluding tert-OH is 1. The minimum atomic E-state index is -3.61. The summed E-state index contributed by atoms with van der Waals surface area (Å²) in [6.07, 6.45) is 0.162. The Labute approximate surface area is 206 Å². The van der Waals surface area contributed by atoms with Gasteiger partial charge in [-0.25, -0.2) is 8.42 Å². The van der Waals surface area contributed by atoms with Crippen LogP contribution in [0.3, 0.4) is 0 Å². The Balaban J connectivity index is 2.03. The summed E-state index contributed by atoms with van der Waals surface area (Å²) in [5.74, 6) is -1.11. The second-order valence-corrected chi connectivity index (χ2v) is 11.4. The number of hydrogen-bond acceptors (Lipinski definition) is 7. The zero-order valence-electron chi connectivity index (χ0n) is 20.6. The molecule has 0 saturated carbocycles. The fourth-order valence-electron chi connectivity index (χ4n) is 3.87. The molecule has 2 rings (SSSR count). The van der Waals surface area contributed by atoms with E-state index in [1.807, 2.05) is 6.92 Å². The van der Waals surface area contributed by atoms with Crippen LogP contribution in [0.15, 0.2) is 41.3 Å². The highest BCUT2D eigenvalue weighted by molar-refractivity contribution is 7.91. The normalized spacial score (nSPS) is 12.8. The third-order valence-corrected chi connectivity index (χ3v) is 7.65. The number of rotatable bonds is 13. The Bertz CT molecular complexity index is 1150. The van der Waals surface area contributed by atoms with Gasteiger partial charge in [-0.1, -0.05) is 39.3 Å². The second kappa shape index (κ2) is 11.7. The number of phenols is 1. The molecule has 9 heteroatoms. The number of phenolic OH excluding ortho intramolecular Hbond substituents is 1. The molecular weight excluding hydrogens is 472 g/mol. The van der Waals surface area contributed by atoms with Gasteiger partial charge in [0, 0.05) is 11.0 Å². The third-order valence-electron chi connectivity index (χ3n) is 5.84. The Hall–Kier alpha value is -2.91. The van der Waals surface area contributed by atoms with Gasteiger partial charge in [0.05, 0.1) is 35.3 Å². The van der Waals surface area contributed by atoms with Gasteiger partial charge >= 0.3 is 5.97 Å². The molecule has 2 aromatic rings. The average Bonchev–Trinajstić information content (AvgIpc) is 2.77. The van der Waals surface area contributed by atoms with Crippen LogP contribution in [-0.2, 0) is 21.1 Å². The van der Waals surface area contributed by atoms with Crippen molar-refractivity contribution in [3.05, 3.63) is 53.1 Å². The molecule has 0 aliphatic rings. The van der Waals surface area contributed by atoms with Crippen LogP contribution in [0, 0.1) is 5.41 Å². The van der Waals surface area contributed by atoms with Gasteiger partial charge in [-0.05, 0) is 49.6 Å². The van der Waals surface area contributed by atoms with E-state index < -0.39 is 27.3 Å². The first-order valence-corrected chi connectivity index (χ1v) is 13.2. The maximum absolute atomic E-state index is 12.7.